The first-order valence-electron chi connectivity index (χ1n) is 5.29. The van der Waals surface area contributed by atoms with Crippen molar-refractivity contribution in [3.8, 4) is 0 Å². The van der Waals surface area contributed by atoms with Gasteiger partial charge < -0.3 is 5.73 Å². The van der Waals surface area contributed by atoms with Crippen LogP contribution < -0.4 is 5.73 Å². The molecule has 0 spiro atoms. The summed E-state index contributed by atoms with van der Waals surface area (Å²) in [7, 11) is 0. The molecule has 2 rings (SSSR count). The maximum absolute atomic E-state index is 12.3. The molecule has 0 radical (unpaired) electrons. The molecule has 0 aromatic heterocycles. The fourth-order valence-corrected chi connectivity index (χ4v) is 1.75. The van der Waals surface area contributed by atoms with Gasteiger partial charge >= 0.3 is 0 Å². The van der Waals surface area contributed by atoms with Crippen molar-refractivity contribution in [1.29, 1.82) is 0 Å². The van der Waals surface area contributed by atoms with Gasteiger partial charge in [-0.15, -0.1) is 0 Å². The predicted molar refractivity (Wildman–Crippen MR) is 56.1 cm³/mol. The van der Waals surface area contributed by atoms with Crippen molar-refractivity contribution in [2.75, 3.05) is 0 Å². The Morgan fingerprint density at radius 1 is 1.33 bits per heavy atom. The summed E-state index contributed by atoms with van der Waals surface area (Å²) >= 11 is 0. The van der Waals surface area contributed by atoms with Crippen molar-refractivity contribution in [2.24, 2.45) is 5.73 Å². The Bertz CT molecular complexity index is 334. The second-order valence-corrected chi connectivity index (χ2v) is 4.22. The molecule has 15 heavy (non-hydrogen) atoms. The topological polar surface area (TPSA) is 26.0 Å². The van der Waals surface area contributed by atoms with Gasteiger partial charge in [0.25, 0.3) is 6.43 Å². The molecule has 3 heteroatoms. The van der Waals surface area contributed by atoms with Crippen LogP contribution in [0.15, 0.2) is 24.3 Å². The molecule has 1 aliphatic rings. The molecule has 0 heterocycles. The third-order valence-corrected chi connectivity index (χ3v) is 2.79. The van der Waals surface area contributed by atoms with Crippen LogP contribution in [-0.2, 0) is 6.42 Å². The summed E-state index contributed by atoms with van der Waals surface area (Å²) in [5.41, 5.74) is 7.54. The number of alkyl halides is 2. The van der Waals surface area contributed by atoms with Crippen LogP contribution in [0.3, 0.4) is 0 Å². The zero-order valence-corrected chi connectivity index (χ0v) is 8.50. The number of nitrogens with two attached hydrogens (primary N) is 1. The lowest BCUT2D eigenvalue weighted by molar-refractivity contribution is 0.116. The van der Waals surface area contributed by atoms with Gasteiger partial charge in [0.15, 0.2) is 0 Å². The molecule has 1 saturated carbocycles. The standard InChI is InChI=1S/C12H15F2N/c13-12(14)11(15)7-8-2-1-3-10(6-8)9-4-5-9/h1-3,6,9,11-12H,4-5,7,15H2. The van der Waals surface area contributed by atoms with E-state index in [9.17, 15) is 8.78 Å². The molecule has 2 N–H and O–H groups in total. The van der Waals surface area contributed by atoms with E-state index in [-0.39, 0.29) is 6.42 Å². The Morgan fingerprint density at radius 2 is 2.07 bits per heavy atom. The second-order valence-electron chi connectivity index (χ2n) is 4.22. The van der Waals surface area contributed by atoms with E-state index in [4.69, 9.17) is 5.73 Å². The normalized spacial score (nSPS) is 18.1. The van der Waals surface area contributed by atoms with E-state index in [1.54, 1.807) is 0 Å². The third-order valence-electron chi connectivity index (χ3n) is 2.79. The summed E-state index contributed by atoms with van der Waals surface area (Å²) in [6, 6.07) is 6.84. The fourth-order valence-electron chi connectivity index (χ4n) is 1.75. The average Bonchev–Trinajstić information content (AvgIpc) is 3.01. The zero-order chi connectivity index (χ0) is 10.8. The summed E-state index contributed by atoms with van der Waals surface area (Å²) in [6.45, 7) is 0. The summed E-state index contributed by atoms with van der Waals surface area (Å²) in [4.78, 5) is 0. The largest absolute Gasteiger partial charge is 0.323 e. The Morgan fingerprint density at radius 3 is 2.67 bits per heavy atom. The summed E-state index contributed by atoms with van der Waals surface area (Å²) in [5, 5.41) is 0. The summed E-state index contributed by atoms with van der Waals surface area (Å²) in [6.07, 6.45) is 0.280. The quantitative estimate of drug-likeness (QED) is 0.814. The van der Waals surface area contributed by atoms with Gasteiger partial charge in [0.2, 0.25) is 0 Å². The molecule has 1 fully saturated rings. The minimum atomic E-state index is -2.44. The number of hydrogen-bond donors (Lipinski definition) is 1. The fraction of sp³-hybridized carbons (Fsp3) is 0.500. The minimum Gasteiger partial charge on any atom is -0.323 e. The van der Waals surface area contributed by atoms with Crippen molar-refractivity contribution in [1.82, 2.24) is 0 Å². The number of hydrogen-bond acceptors (Lipinski definition) is 1. The molecule has 0 amide bonds. The first-order chi connectivity index (χ1) is 7.16. The molecule has 1 unspecified atom stereocenters. The van der Waals surface area contributed by atoms with Gasteiger partial charge in [0.1, 0.15) is 0 Å². The van der Waals surface area contributed by atoms with Gasteiger partial charge in [-0.3, -0.25) is 0 Å². The van der Waals surface area contributed by atoms with Crippen LogP contribution in [-0.4, -0.2) is 12.5 Å². The lowest BCUT2D eigenvalue weighted by Gasteiger charge is -2.11. The number of benzene rings is 1. The van der Waals surface area contributed by atoms with E-state index >= 15 is 0 Å². The monoisotopic (exact) mass is 211 g/mol. The SMILES string of the molecule is NC(Cc1cccc(C2CC2)c1)C(F)F. The van der Waals surface area contributed by atoms with Gasteiger partial charge in [0.05, 0.1) is 6.04 Å². The predicted octanol–water partition coefficient (Wildman–Crippen LogP) is 2.70. The van der Waals surface area contributed by atoms with Crippen LogP contribution >= 0.6 is 0 Å². The van der Waals surface area contributed by atoms with Crippen LogP contribution in [0.2, 0.25) is 0 Å². The third kappa shape index (κ3) is 2.75. The molecule has 0 bridgehead atoms. The van der Waals surface area contributed by atoms with E-state index in [0.717, 1.165) is 5.56 Å². The smallest absolute Gasteiger partial charge is 0.253 e. The van der Waals surface area contributed by atoms with Crippen molar-refractivity contribution < 1.29 is 8.78 Å². The molecule has 1 aromatic rings. The lowest BCUT2D eigenvalue weighted by Crippen LogP contribution is -2.30. The molecular weight excluding hydrogens is 196 g/mol. The van der Waals surface area contributed by atoms with Crippen LogP contribution in [0, 0.1) is 0 Å². The Balaban J connectivity index is 2.04. The van der Waals surface area contributed by atoms with Crippen molar-refractivity contribution in [2.45, 2.75) is 37.6 Å². The van der Waals surface area contributed by atoms with Crippen LogP contribution in [0.4, 0.5) is 8.78 Å². The Hall–Kier alpha value is -0.960. The average molecular weight is 211 g/mol. The van der Waals surface area contributed by atoms with Crippen LogP contribution in [0.25, 0.3) is 0 Å². The molecule has 1 aromatic carbocycles. The summed E-state index contributed by atoms with van der Waals surface area (Å²) in [5.74, 6) is 0.660. The van der Waals surface area contributed by atoms with Gasteiger partial charge in [-0.2, -0.15) is 0 Å². The van der Waals surface area contributed by atoms with Crippen molar-refractivity contribution in [3.63, 3.8) is 0 Å². The zero-order valence-electron chi connectivity index (χ0n) is 8.50. The first kappa shape index (κ1) is 10.6. The maximum atomic E-state index is 12.3. The number of rotatable bonds is 4. The van der Waals surface area contributed by atoms with Crippen molar-refractivity contribution in [3.05, 3.63) is 35.4 Å². The number of halogens is 2. The molecule has 0 aliphatic heterocycles. The van der Waals surface area contributed by atoms with Gasteiger partial charge in [-0.05, 0) is 36.3 Å². The van der Waals surface area contributed by atoms with Crippen LogP contribution in [0.5, 0.6) is 0 Å². The molecule has 0 saturated heterocycles. The van der Waals surface area contributed by atoms with Crippen molar-refractivity contribution >= 4 is 0 Å². The van der Waals surface area contributed by atoms with Gasteiger partial charge in [-0.1, -0.05) is 24.3 Å². The van der Waals surface area contributed by atoms with Gasteiger partial charge in [0, 0.05) is 0 Å². The molecule has 82 valence electrons. The highest BCUT2D eigenvalue weighted by Gasteiger charge is 2.23. The highest BCUT2D eigenvalue weighted by atomic mass is 19.3. The first-order valence-corrected chi connectivity index (χ1v) is 5.29. The minimum absolute atomic E-state index is 0.262. The lowest BCUT2D eigenvalue weighted by atomic mass is 10.0. The van der Waals surface area contributed by atoms with E-state index in [1.807, 2.05) is 18.2 Å². The highest BCUT2D eigenvalue weighted by Crippen LogP contribution is 2.40. The maximum Gasteiger partial charge on any atom is 0.253 e. The molecule has 1 aliphatic carbocycles. The van der Waals surface area contributed by atoms with E-state index < -0.39 is 12.5 Å². The second kappa shape index (κ2) is 4.27. The van der Waals surface area contributed by atoms with E-state index in [1.165, 1.54) is 18.4 Å². The Labute approximate surface area is 88.3 Å². The molecule has 1 nitrogen and oxygen atoms in total. The highest BCUT2D eigenvalue weighted by molar-refractivity contribution is 5.29. The van der Waals surface area contributed by atoms with E-state index in [2.05, 4.69) is 6.07 Å². The molecular formula is C12H15F2N. The molecule has 1 atom stereocenters. The summed E-state index contributed by atoms with van der Waals surface area (Å²) < 4.78 is 24.5. The Kier molecular flexibility index (Phi) is 3.00. The van der Waals surface area contributed by atoms with Gasteiger partial charge in [-0.25, -0.2) is 8.78 Å². The van der Waals surface area contributed by atoms with Crippen LogP contribution in [0.1, 0.15) is 29.9 Å². The van der Waals surface area contributed by atoms with E-state index in [0.29, 0.717) is 5.92 Å².